The van der Waals surface area contributed by atoms with Gasteiger partial charge in [-0.1, -0.05) is 5.16 Å². The van der Waals surface area contributed by atoms with E-state index in [0.717, 1.165) is 38.2 Å². The fraction of sp³-hybridized carbons (Fsp3) is 0.500. The standard InChI is InChI=1S/C14H18N2O3/c17-10-11-3-1-5-16(8-11)9-12-7-14(19-15-12)13-4-2-6-18-13/h2,4,6-7,11,17H,1,3,5,8-10H2. The first kappa shape index (κ1) is 12.4. The summed E-state index contributed by atoms with van der Waals surface area (Å²) in [6.07, 6.45) is 3.87. The molecule has 5 heteroatoms. The molecule has 0 bridgehead atoms. The molecule has 2 aromatic rings. The second-order valence-corrected chi connectivity index (χ2v) is 5.09. The van der Waals surface area contributed by atoms with Crippen molar-refractivity contribution in [1.82, 2.24) is 10.1 Å². The normalized spacial score (nSPS) is 20.8. The van der Waals surface area contributed by atoms with Crippen LogP contribution >= 0.6 is 0 Å². The number of aromatic nitrogens is 1. The Labute approximate surface area is 111 Å². The Morgan fingerprint density at radius 2 is 2.37 bits per heavy atom. The van der Waals surface area contributed by atoms with Crippen molar-refractivity contribution in [2.75, 3.05) is 19.7 Å². The van der Waals surface area contributed by atoms with Crippen LogP contribution in [0.2, 0.25) is 0 Å². The molecule has 0 saturated carbocycles. The van der Waals surface area contributed by atoms with E-state index in [2.05, 4.69) is 10.1 Å². The van der Waals surface area contributed by atoms with Crippen LogP contribution in [-0.4, -0.2) is 34.9 Å². The van der Waals surface area contributed by atoms with Crippen molar-refractivity contribution in [3.8, 4) is 11.5 Å². The Morgan fingerprint density at radius 1 is 1.42 bits per heavy atom. The monoisotopic (exact) mass is 262 g/mol. The van der Waals surface area contributed by atoms with Gasteiger partial charge in [-0.05, 0) is 37.4 Å². The van der Waals surface area contributed by atoms with Gasteiger partial charge in [-0.15, -0.1) is 0 Å². The van der Waals surface area contributed by atoms with E-state index in [1.54, 1.807) is 6.26 Å². The first-order valence-corrected chi connectivity index (χ1v) is 6.68. The molecule has 1 atom stereocenters. The Bertz CT molecular complexity index is 507. The molecular formula is C14H18N2O3. The molecule has 1 aliphatic heterocycles. The number of furan rings is 1. The Hall–Kier alpha value is -1.59. The van der Waals surface area contributed by atoms with Crippen LogP contribution in [-0.2, 0) is 6.54 Å². The van der Waals surface area contributed by atoms with E-state index in [1.165, 1.54) is 0 Å². The minimum Gasteiger partial charge on any atom is -0.461 e. The summed E-state index contributed by atoms with van der Waals surface area (Å²) in [4.78, 5) is 2.31. The zero-order valence-electron chi connectivity index (χ0n) is 10.8. The van der Waals surface area contributed by atoms with E-state index in [-0.39, 0.29) is 6.61 Å². The zero-order chi connectivity index (χ0) is 13.1. The molecule has 102 valence electrons. The molecule has 19 heavy (non-hydrogen) atoms. The number of rotatable bonds is 4. The number of nitrogens with zero attached hydrogens (tertiary/aromatic N) is 2. The molecule has 2 aromatic heterocycles. The lowest BCUT2D eigenvalue weighted by molar-refractivity contribution is 0.114. The maximum Gasteiger partial charge on any atom is 0.202 e. The zero-order valence-corrected chi connectivity index (χ0v) is 10.8. The van der Waals surface area contributed by atoms with Gasteiger partial charge < -0.3 is 14.0 Å². The minimum atomic E-state index is 0.271. The lowest BCUT2D eigenvalue weighted by atomic mass is 9.99. The summed E-state index contributed by atoms with van der Waals surface area (Å²) in [5, 5.41) is 13.3. The third-order valence-corrected chi connectivity index (χ3v) is 3.57. The lowest BCUT2D eigenvalue weighted by Crippen LogP contribution is -2.36. The van der Waals surface area contributed by atoms with Gasteiger partial charge in [-0.3, -0.25) is 4.90 Å². The SMILES string of the molecule is OCC1CCCN(Cc2cc(-c3ccco3)on2)C1. The van der Waals surface area contributed by atoms with Crippen molar-refractivity contribution in [2.24, 2.45) is 5.92 Å². The van der Waals surface area contributed by atoms with Gasteiger partial charge in [-0.2, -0.15) is 0 Å². The number of piperidine rings is 1. The van der Waals surface area contributed by atoms with Gasteiger partial charge in [0.1, 0.15) is 0 Å². The van der Waals surface area contributed by atoms with Crippen molar-refractivity contribution in [3.63, 3.8) is 0 Å². The maximum absolute atomic E-state index is 9.23. The summed E-state index contributed by atoms with van der Waals surface area (Å²) in [5.74, 6) is 1.76. The summed E-state index contributed by atoms with van der Waals surface area (Å²) in [6.45, 7) is 3.02. The van der Waals surface area contributed by atoms with E-state index < -0.39 is 0 Å². The van der Waals surface area contributed by atoms with Gasteiger partial charge in [0.05, 0.1) is 12.0 Å². The summed E-state index contributed by atoms with van der Waals surface area (Å²) in [6, 6.07) is 5.60. The number of aliphatic hydroxyl groups excluding tert-OH is 1. The van der Waals surface area contributed by atoms with Crippen LogP contribution in [0, 0.1) is 5.92 Å². The second-order valence-electron chi connectivity index (χ2n) is 5.09. The predicted octanol–water partition coefficient (Wildman–Crippen LogP) is 2.14. The summed E-state index contributed by atoms with van der Waals surface area (Å²) < 4.78 is 10.6. The molecule has 1 N–H and O–H groups in total. The minimum absolute atomic E-state index is 0.271. The van der Waals surface area contributed by atoms with Crippen molar-refractivity contribution in [1.29, 1.82) is 0 Å². The van der Waals surface area contributed by atoms with Crippen LogP contribution in [0.15, 0.2) is 33.4 Å². The number of aliphatic hydroxyl groups is 1. The van der Waals surface area contributed by atoms with E-state index in [4.69, 9.17) is 8.94 Å². The van der Waals surface area contributed by atoms with Crippen LogP contribution in [0.25, 0.3) is 11.5 Å². The van der Waals surface area contributed by atoms with Crippen LogP contribution < -0.4 is 0 Å². The highest BCUT2D eigenvalue weighted by atomic mass is 16.5. The summed E-state index contributed by atoms with van der Waals surface area (Å²) in [5.41, 5.74) is 0.907. The smallest absolute Gasteiger partial charge is 0.202 e. The molecular weight excluding hydrogens is 244 g/mol. The molecule has 5 nitrogen and oxygen atoms in total. The fourth-order valence-corrected chi connectivity index (χ4v) is 2.59. The molecule has 0 aliphatic carbocycles. The van der Waals surface area contributed by atoms with Gasteiger partial charge in [0.2, 0.25) is 5.76 Å². The third-order valence-electron chi connectivity index (χ3n) is 3.57. The van der Waals surface area contributed by atoms with E-state index in [9.17, 15) is 5.11 Å². The molecule has 1 saturated heterocycles. The van der Waals surface area contributed by atoms with Gasteiger partial charge in [0, 0.05) is 25.8 Å². The molecule has 0 spiro atoms. The van der Waals surface area contributed by atoms with Crippen molar-refractivity contribution in [2.45, 2.75) is 19.4 Å². The maximum atomic E-state index is 9.23. The second kappa shape index (κ2) is 5.59. The van der Waals surface area contributed by atoms with Crippen molar-refractivity contribution < 1.29 is 14.0 Å². The molecule has 0 radical (unpaired) electrons. The van der Waals surface area contributed by atoms with Crippen molar-refractivity contribution in [3.05, 3.63) is 30.2 Å². The van der Waals surface area contributed by atoms with Crippen molar-refractivity contribution >= 4 is 0 Å². The average Bonchev–Trinajstić information content (AvgIpc) is 3.09. The van der Waals surface area contributed by atoms with Gasteiger partial charge in [0.25, 0.3) is 0 Å². The number of likely N-dealkylation sites (tertiary alicyclic amines) is 1. The topological polar surface area (TPSA) is 62.6 Å². The van der Waals surface area contributed by atoms with Gasteiger partial charge in [-0.25, -0.2) is 0 Å². The Balaban J connectivity index is 1.64. The van der Waals surface area contributed by atoms with Crippen LogP contribution in [0.3, 0.4) is 0 Å². The highest BCUT2D eigenvalue weighted by molar-refractivity contribution is 5.49. The first-order valence-electron chi connectivity index (χ1n) is 6.68. The molecule has 1 fully saturated rings. The highest BCUT2D eigenvalue weighted by Gasteiger charge is 2.20. The molecule has 1 aliphatic rings. The van der Waals surface area contributed by atoms with E-state index in [0.29, 0.717) is 17.4 Å². The van der Waals surface area contributed by atoms with Gasteiger partial charge in [0.15, 0.2) is 5.76 Å². The molecule has 1 unspecified atom stereocenters. The number of hydrogen-bond acceptors (Lipinski definition) is 5. The average molecular weight is 262 g/mol. The Kier molecular flexibility index (Phi) is 3.66. The first-order chi connectivity index (χ1) is 9.35. The lowest BCUT2D eigenvalue weighted by Gasteiger charge is -2.30. The van der Waals surface area contributed by atoms with Crippen LogP contribution in [0.1, 0.15) is 18.5 Å². The third kappa shape index (κ3) is 2.88. The quantitative estimate of drug-likeness (QED) is 0.914. The highest BCUT2D eigenvalue weighted by Crippen LogP contribution is 2.22. The number of hydrogen-bond donors (Lipinski definition) is 1. The van der Waals surface area contributed by atoms with E-state index >= 15 is 0 Å². The molecule has 0 aromatic carbocycles. The largest absolute Gasteiger partial charge is 0.461 e. The van der Waals surface area contributed by atoms with Gasteiger partial charge >= 0.3 is 0 Å². The van der Waals surface area contributed by atoms with Crippen LogP contribution in [0.5, 0.6) is 0 Å². The summed E-state index contributed by atoms with van der Waals surface area (Å²) in [7, 11) is 0. The fourth-order valence-electron chi connectivity index (χ4n) is 2.59. The summed E-state index contributed by atoms with van der Waals surface area (Å²) >= 11 is 0. The van der Waals surface area contributed by atoms with Crippen LogP contribution in [0.4, 0.5) is 0 Å². The predicted molar refractivity (Wildman–Crippen MR) is 69.3 cm³/mol. The Morgan fingerprint density at radius 3 is 3.16 bits per heavy atom. The molecule has 0 amide bonds. The van der Waals surface area contributed by atoms with E-state index in [1.807, 2.05) is 18.2 Å². The molecule has 3 rings (SSSR count). The molecule has 3 heterocycles.